The number of nitrogens with two attached hydrogens (primary N) is 1. The monoisotopic (exact) mass is 502 g/mol. The number of rotatable bonds is 2. The number of carbonyl (C=O) groups is 4. The average Bonchev–Trinajstić information content (AvgIpc) is 3.39. The third-order valence-electron chi connectivity index (χ3n) is 7.34. The molecule has 14 heteroatoms. The van der Waals surface area contributed by atoms with Crippen LogP contribution in [0.5, 0.6) is 0 Å². The maximum Gasteiger partial charge on any atom is 0.416 e. The number of morpholine rings is 1. The van der Waals surface area contributed by atoms with Crippen molar-refractivity contribution in [3.8, 4) is 0 Å². The Balaban J connectivity index is 1.55. The molecular weight excluding hydrogens is 479 g/mol. The number of nitrogens with one attached hydrogen (secondary N) is 2. The number of urea groups is 1. The Morgan fingerprint density at radius 1 is 1.19 bits per heavy atom. The number of amides is 5. The molecule has 4 aliphatic heterocycles. The Hall–Kier alpha value is -3.78. The molecule has 0 saturated carbocycles. The van der Waals surface area contributed by atoms with Crippen LogP contribution in [-0.4, -0.2) is 73.1 Å². The van der Waals surface area contributed by atoms with Crippen LogP contribution in [-0.2, 0) is 25.5 Å². The molecule has 4 aliphatic rings. The van der Waals surface area contributed by atoms with Gasteiger partial charge < -0.3 is 24.6 Å². The number of fused-ring (bicyclic) bond motifs is 5. The fourth-order valence-corrected chi connectivity index (χ4v) is 5.95. The van der Waals surface area contributed by atoms with Crippen molar-refractivity contribution in [1.82, 2.24) is 15.8 Å². The lowest BCUT2D eigenvalue weighted by Crippen LogP contribution is -2.75. The van der Waals surface area contributed by atoms with Crippen LogP contribution >= 0.6 is 0 Å². The molecule has 0 radical (unpaired) electrons. The van der Waals surface area contributed by atoms with E-state index < -0.39 is 53.4 Å². The first-order valence-electron chi connectivity index (χ1n) is 11.5. The van der Waals surface area contributed by atoms with Gasteiger partial charge in [0, 0.05) is 19.5 Å². The molecule has 1 aromatic heterocycles. The first-order chi connectivity index (χ1) is 17.1. The molecule has 1 aromatic carbocycles. The number of barbiturate groups is 1. The number of benzene rings is 1. The molecule has 0 bridgehead atoms. The molecule has 4 atom stereocenters. The quantitative estimate of drug-likeness (QED) is 0.480. The summed E-state index contributed by atoms with van der Waals surface area (Å²) in [7, 11) is 0. The van der Waals surface area contributed by atoms with Crippen LogP contribution < -0.4 is 26.2 Å². The number of aromatic nitrogens is 1. The molecule has 5 amide bonds. The van der Waals surface area contributed by atoms with Gasteiger partial charge in [-0.05, 0) is 25.5 Å². The number of ether oxygens (including phenoxy) is 2. The van der Waals surface area contributed by atoms with Gasteiger partial charge in [-0.1, -0.05) is 5.16 Å². The van der Waals surface area contributed by atoms with E-state index in [9.17, 15) is 19.2 Å². The van der Waals surface area contributed by atoms with Gasteiger partial charge >= 0.3 is 12.1 Å². The van der Waals surface area contributed by atoms with E-state index in [-0.39, 0.29) is 54.6 Å². The Bertz CT molecular complexity index is 1320. The summed E-state index contributed by atoms with van der Waals surface area (Å²) in [6.07, 6.45) is -2.47. The molecule has 6 rings (SSSR count). The number of carbonyl (C=O) groups excluding carboxylic acids is 4. The van der Waals surface area contributed by atoms with Crippen LogP contribution in [0, 0.1) is 11.2 Å². The molecular formula is C22H23FN6O7. The number of halogens is 1. The van der Waals surface area contributed by atoms with Crippen LogP contribution in [0.1, 0.15) is 19.4 Å². The highest BCUT2D eigenvalue weighted by Crippen LogP contribution is 2.49. The van der Waals surface area contributed by atoms with E-state index in [4.69, 9.17) is 19.7 Å². The molecule has 3 saturated heterocycles. The lowest BCUT2D eigenvalue weighted by molar-refractivity contribution is -0.153. The molecule has 1 spiro atoms. The smallest absolute Gasteiger partial charge is 0.416 e. The summed E-state index contributed by atoms with van der Waals surface area (Å²) in [6, 6.07) is -0.263. The van der Waals surface area contributed by atoms with E-state index in [1.807, 2.05) is 0 Å². The summed E-state index contributed by atoms with van der Waals surface area (Å²) < 4.78 is 32.6. The Labute approximate surface area is 203 Å². The van der Waals surface area contributed by atoms with E-state index in [0.29, 0.717) is 5.56 Å². The minimum absolute atomic E-state index is 0.0419. The molecule has 3 fully saturated rings. The summed E-state index contributed by atoms with van der Waals surface area (Å²) in [5.74, 6) is -2.28. The van der Waals surface area contributed by atoms with Crippen molar-refractivity contribution in [2.75, 3.05) is 29.4 Å². The number of imide groups is 2. The van der Waals surface area contributed by atoms with Crippen molar-refractivity contribution in [1.29, 1.82) is 0 Å². The zero-order valence-electron chi connectivity index (χ0n) is 19.4. The van der Waals surface area contributed by atoms with Gasteiger partial charge in [0.05, 0.1) is 35.9 Å². The van der Waals surface area contributed by atoms with Gasteiger partial charge in [-0.3, -0.25) is 25.1 Å². The standard InChI is InChI=1S/C22H23FN6O7/c1-8-6-28-14-10(4-22(16(28)9(2)34-8)18(30)25-20(32)26-19(22)31)3-12-15(13(14)23)36-27-17(12)29-7-11(5-24)35-21(29)33/h3,8-9,11,16H,4-7,24H2,1-2H3,(H2,25,26,30,31,32)/t8-,9+,11+,16-/m1/s1. The Kier molecular flexibility index (Phi) is 4.79. The van der Waals surface area contributed by atoms with E-state index in [0.717, 1.165) is 0 Å². The van der Waals surface area contributed by atoms with Crippen LogP contribution in [0.15, 0.2) is 10.6 Å². The largest absolute Gasteiger partial charge is 0.443 e. The maximum atomic E-state index is 16.1. The first-order valence-corrected chi connectivity index (χ1v) is 11.5. The predicted octanol–water partition coefficient (Wildman–Crippen LogP) is 0.142. The summed E-state index contributed by atoms with van der Waals surface area (Å²) in [4.78, 5) is 53.7. The highest BCUT2D eigenvalue weighted by Gasteiger charge is 2.63. The zero-order valence-corrected chi connectivity index (χ0v) is 19.4. The number of hydrogen-bond donors (Lipinski definition) is 3. The van der Waals surface area contributed by atoms with Gasteiger partial charge in [-0.15, -0.1) is 0 Å². The minimum Gasteiger partial charge on any atom is -0.443 e. The summed E-state index contributed by atoms with van der Waals surface area (Å²) in [5.41, 5.74) is 4.15. The molecule has 2 aromatic rings. The fourth-order valence-electron chi connectivity index (χ4n) is 5.95. The first kappa shape index (κ1) is 22.7. The summed E-state index contributed by atoms with van der Waals surface area (Å²) >= 11 is 0. The second-order valence-corrected chi connectivity index (χ2v) is 9.57. The predicted molar refractivity (Wildman–Crippen MR) is 120 cm³/mol. The number of hydrogen-bond acceptors (Lipinski definition) is 10. The number of anilines is 2. The van der Waals surface area contributed by atoms with Crippen LogP contribution in [0.25, 0.3) is 11.0 Å². The lowest BCUT2D eigenvalue weighted by atomic mass is 9.66. The van der Waals surface area contributed by atoms with Crippen molar-refractivity contribution >= 4 is 46.4 Å². The van der Waals surface area contributed by atoms with Gasteiger partial charge in [0.2, 0.25) is 17.4 Å². The average molecular weight is 502 g/mol. The highest BCUT2D eigenvalue weighted by atomic mass is 19.1. The normalized spacial score (nSPS) is 29.2. The fraction of sp³-hybridized carbons (Fsp3) is 0.500. The summed E-state index contributed by atoms with van der Waals surface area (Å²) in [6.45, 7) is 3.88. The van der Waals surface area contributed by atoms with Crippen molar-refractivity contribution in [3.63, 3.8) is 0 Å². The Morgan fingerprint density at radius 3 is 2.58 bits per heavy atom. The second-order valence-electron chi connectivity index (χ2n) is 9.57. The molecule has 4 N–H and O–H groups in total. The van der Waals surface area contributed by atoms with Crippen molar-refractivity contribution < 1.29 is 37.6 Å². The van der Waals surface area contributed by atoms with Crippen molar-refractivity contribution in [2.24, 2.45) is 11.1 Å². The number of cyclic esters (lactones) is 1. The molecule has 13 nitrogen and oxygen atoms in total. The third kappa shape index (κ3) is 2.91. The zero-order chi connectivity index (χ0) is 25.5. The third-order valence-corrected chi connectivity index (χ3v) is 7.34. The van der Waals surface area contributed by atoms with Crippen LogP contribution in [0.2, 0.25) is 0 Å². The molecule has 5 heterocycles. The minimum atomic E-state index is -1.77. The molecule has 0 unspecified atom stereocenters. The highest BCUT2D eigenvalue weighted by molar-refractivity contribution is 6.20. The second kappa shape index (κ2) is 7.61. The van der Waals surface area contributed by atoms with E-state index >= 15 is 4.39 Å². The maximum absolute atomic E-state index is 16.1. The van der Waals surface area contributed by atoms with Gasteiger partial charge in [0.15, 0.2) is 17.1 Å². The van der Waals surface area contributed by atoms with E-state index in [1.165, 1.54) is 4.90 Å². The van der Waals surface area contributed by atoms with Gasteiger partial charge in [0.25, 0.3) is 0 Å². The topological polar surface area (TPSA) is 169 Å². The van der Waals surface area contributed by atoms with E-state index in [1.54, 1.807) is 24.8 Å². The lowest BCUT2D eigenvalue weighted by Gasteiger charge is -2.55. The van der Waals surface area contributed by atoms with Gasteiger partial charge in [-0.2, -0.15) is 0 Å². The molecule has 36 heavy (non-hydrogen) atoms. The van der Waals surface area contributed by atoms with Crippen LogP contribution in [0.3, 0.4) is 0 Å². The summed E-state index contributed by atoms with van der Waals surface area (Å²) in [5, 5.41) is 8.48. The van der Waals surface area contributed by atoms with E-state index in [2.05, 4.69) is 15.8 Å². The SMILES string of the molecule is C[C@@H]1CN2c3c(cc4c(N5C[C@H](CN)OC5=O)noc4c3F)CC3(C(=O)NC(=O)NC3=O)[C@H]2[C@H](C)O1. The van der Waals surface area contributed by atoms with Crippen LogP contribution in [0.4, 0.5) is 25.5 Å². The van der Waals surface area contributed by atoms with Gasteiger partial charge in [-0.25, -0.2) is 14.0 Å². The number of nitrogens with zero attached hydrogens (tertiary/aromatic N) is 3. The van der Waals surface area contributed by atoms with Crippen molar-refractivity contribution in [3.05, 3.63) is 17.4 Å². The van der Waals surface area contributed by atoms with Crippen molar-refractivity contribution in [2.45, 2.75) is 44.6 Å². The molecule has 190 valence electrons. The molecule has 0 aliphatic carbocycles. The van der Waals surface area contributed by atoms with Gasteiger partial charge in [0.1, 0.15) is 6.10 Å². The Morgan fingerprint density at radius 2 is 1.92 bits per heavy atom.